The van der Waals surface area contributed by atoms with Crippen LogP contribution in [0.4, 0.5) is 0 Å². The largest absolute Gasteiger partial charge is 0.348 e. The maximum atomic E-state index is 5.59. The highest BCUT2D eigenvalue weighted by Gasteiger charge is 2.18. The summed E-state index contributed by atoms with van der Waals surface area (Å²) in [7, 11) is 0. The number of nitrogens with one attached hydrogen (secondary N) is 1. The van der Waals surface area contributed by atoms with Gasteiger partial charge in [0, 0.05) is 5.69 Å². The molecular formula is C8H13N3. The molecule has 0 saturated heterocycles. The smallest absolute Gasteiger partial charge is 0.0925 e. The minimum absolute atomic E-state index is 0.669. The van der Waals surface area contributed by atoms with E-state index in [0.717, 1.165) is 19.4 Å². The van der Waals surface area contributed by atoms with Crippen molar-refractivity contribution >= 4 is 0 Å². The molecule has 0 spiro atoms. The lowest BCUT2D eigenvalue weighted by Crippen LogP contribution is -2.22. The van der Waals surface area contributed by atoms with Gasteiger partial charge in [-0.1, -0.05) is 0 Å². The van der Waals surface area contributed by atoms with Crippen LogP contribution < -0.4 is 5.73 Å². The number of aryl methyl sites for hydroxylation is 1. The SMILES string of the molecule is NC[C@@H]1CCc2nc[nH]c2C1. The predicted octanol–water partition coefficient (Wildman–Crippen LogP) is 0.473. The molecule has 60 valence electrons. The second-order valence-electron chi connectivity index (χ2n) is 3.17. The van der Waals surface area contributed by atoms with Crippen LogP contribution in [0.1, 0.15) is 17.8 Å². The van der Waals surface area contributed by atoms with Crippen LogP contribution >= 0.6 is 0 Å². The Kier molecular flexibility index (Phi) is 1.66. The Morgan fingerprint density at radius 1 is 1.73 bits per heavy atom. The van der Waals surface area contributed by atoms with Crippen LogP contribution in [0.2, 0.25) is 0 Å². The fourth-order valence-corrected chi connectivity index (χ4v) is 1.67. The summed E-state index contributed by atoms with van der Waals surface area (Å²) < 4.78 is 0. The molecule has 0 amide bonds. The van der Waals surface area contributed by atoms with Gasteiger partial charge >= 0.3 is 0 Å². The third kappa shape index (κ3) is 1.16. The van der Waals surface area contributed by atoms with Gasteiger partial charge in [0.05, 0.1) is 12.0 Å². The van der Waals surface area contributed by atoms with Gasteiger partial charge < -0.3 is 10.7 Å². The number of imidazole rings is 1. The first-order valence-corrected chi connectivity index (χ1v) is 4.11. The Balaban J connectivity index is 2.18. The van der Waals surface area contributed by atoms with E-state index in [1.807, 2.05) is 0 Å². The van der Waals surface area contributed by atoms with Crippen molar-refractivity contribution in [1.82, 2.24) is 9.97 Å². The van der Waals surface area contributed by atoms with E-state index >= 15 is 0 Å². The van der Waals surface area contributed by atoms with E-state index in [9.17, 15) is 0 Å². The zero-order valence-electron chi connectivity index (χ0n) is 6.51. The molecule has 0 radical (unpaired) electrons. The Morgan fingerprint density at radius 3 is 3.45 bits per heavy atom. The van der Waals surface area contributed by atoms with Crippen molar-refractivity contribution in [3.63, 3.8) is 0 Å². The van der Waals surface area contributed by atoms with Gasteiger partial charge in [0.15, 0.2) is 0 Å². The molecule has 1 aliphatic rings. The van der Waals surface area contributed by atoms with Crippen molar-refractivity contribution in [2.75, 3.05) is 6.54 Å². The molecule has 0 aliphatic heterocycles. The maximum absolute atomic E-state index is 5.59. The van der Waals surface area contributed by atoms with Crippen LogP contribution in [0.25, 0.3) is 0 Å². The molecule has 1 heterocycles. The number of nitrogens with zero attached hydrogens (tertiary/aromatic N) is 1. The number of H-pyrrole nitrogens is 1. The van der Waals surface area contributed by atoms with Gasteiger partial charge in [-0.05, 0) is 31.7 Å². The van der Waals surface area contributed by atoms with Gasteiger partial charge in [-0.25, -0.2) is 4.98 Å². The molecular weight excluding hydrogens is 138 g/mol. The first-order valence-electron chi connectivity index (χ1n) is 4.11. The first kappa shape index (κ1) is 6.85. The summed E-state index contributed by atoms with van der Waals surface area (Å²) >= 11 is 0. The van der Waals surface area contributed by atoms with E-state index in [1.165, 1.54) is 17.8 Å². The molecule has 0 unspecified atom stereocenters. The Bertz CT molecular complexity index is 241. The van der Waals surface area contributed by atoms with Crippen LogP contribution in [-0.2, 0) is 12.8 Å². The molecule has 0 fully saturated rings. The van der Waals surface area contributed by atoms with Gasteiger partial charge in [0.1, 0.15) is 0 Å². The molecule has 3 heteroatoms. The molecule has 3 nitrogen and oxygen atoms in total. The van der Waals surface area contributed by atoms with Crippen LogP contribution in [0, 0.1) is 5.92 Å². The fraction of sp³-hybridized carbons (Fsp3) is 0.625. The van der Waals surface area contributed by atoms with Crippen LogP contribution in [-0.4, -0.2) is 16.5 Å². The summed E-state index contributed by atoms with van der Waals surface area (Å²) in [4.78, 5) is 7.38. The van der Waals surface area contributed by atoms with Crippen molar-refractivity contribution in [3.8, 4) is 0 Å². The molecule has 1 aromatic heterocycles. The van der Waals surface area contributed by atoms with Crippen molar-refractivity contribution in [1.29, 1.82) is 0 Å². The minimum atomic E-state index is 0.669. The lowest BCUT2D eigenvalue weighted by Gasteiger charge is -2.18. The highest BCUT2D eigenvalue weighted by atomic mass is 14.9. The highest BCUT2D eigenvalue weighted by Crippen LogP contribution is 2.21. The van der Waals surface area contributed by atoms with Gasteiger partial charge in [-0.2, -0.15) is 0 Å². The number of hydrogen-bond donors (Lipinski definition) is 2. The Labute approximate surface area is 66.0 Å². The van der Waals surface area contributed by atoms with E-state index in [1.54, 1.807) is 6.33 Å². The summed E-state index contributed by atoms with van der Waals surface area (Å²) in [6.45, 7) is 0.804. The lowest BCUT2D eigenvalue weighted by atomic mass is 9.90. The van der Waals surface area contributed by atoms with Crippen LogP contribution in [0.5, 0.6) is 0 Å². The predicted molar refractivity (Wildman–Crippen MR) is 43.2 cm³/mol. The molecule has 1 aliphatic carbocycles. The number of fused-ring (bicyclic) bond motifs is 1. The van der Waals surface area contributed by atoms with Gasteiger partial charge in [0.2, 0.25) is 0 Å². The molecule has 3 N–H and O–H groups in total. The monoisotopic (exact) mass is 151 g/mol. The minimum Gasteiger partial charge on any atom is -0.348 e. The number of nitrogens with two attached hydrogens (primary N) is 1. The summed E-state index contributed by atoms with van der Waals surface area (Å²) in [5.41, 5.74) is 8.14. The average molecular weight is 151 g/mol. The van der Waals surface area contributed by atoms with Crippen molar-refractivity contribution in [2.24, 2.45) is 11.7 Å². The average Bonchev–Trinajstić information content (AvgIpc) is 2.50. The van der Waals surface area contributed by atoms with E-state index in [2.05, 4.69) is 9.97 Å². The quantitative estimate of drug-likeness (QED) is 0.613. The third-order valence-corrected chi connectivity index (χ3v) is 2.42. The van der Waals surface area contributed by atoms with E-state index < -0.39 is 0 Å². The van der Waals surface area contributed by atoms with E-state index in [4.69, 9.17) is 5.73 Å². The second-order valence-corrected chi connectivity index (χ2v) is 3.17. The topological polar surface area (TPSA) is 54.7 Å². The van der Waals surface area contributed by atoms with E-state index in [0.29, 0.717) is 5.92 Å². The summed E-state index contributed by atoms with van der Waals surface area (Å²) in [6, 6.07) is 0. The molecule has 2 rings (SSSR count). The molecule has 0 bridgehead atoms. The number of aromatic amines is 1. The molecule has 1 aromatic rings. The number of hydrogen-bond acceptors (Lipinski definition) is 2. The van der Waals surface area contributed by atoms with Gasteiger partial charge in [-0.15, -0.1) is 0 Å². The highest BCUT2D eigenvalue weighted by molar-refractivity contribution is 5.15. The van der Waals surface area contributed by atoms with Gasteiger partial charge in [-0.3, -0.25) is 0 Å². The second kappa shape index (κ2) is 2.66. The summed E-state index contributed by atoms with van der Waals surface area (Å²) in [5.74, 6) is 0.669. The Hall–Kier alpha value is -0.830. The van der Waals surface area contributed by atoms with Crippen LogP contribution in [0.3, 0.4) is 0 Å². The zero-order chi connectivity index (χ0) is 7.68. The van der Waals surface area contributed by atoms with E-state index in [-0.39, 0.29) is 0 Å². The fourth-order valence-electron chi connectivity index (χ4n) is 1.67. The molecule has 0 aromatic carbocycles. The molecule has 1 atom stereocenters. The number of rotatable bonds is 1. The maximum Gasteiger partial charge on any atom is 0.0925 e. The first-order chi connectivity index (χ1) is 5.40. The standard InChI is InChI=1S/C8H13N3/c9-4-6-1-2-7-8(3-6)11-5-10-7/h5-6H,1-4,9H2,(H,10,11)/t6-/m1/s1. The Morgan fingerprint density at radius 2 is 2.64 bits per heavy atom. The molecule has 0 saturated carbocycles. The van der Waals surface area contributed by atoms with Crippen molar-refractivity contribution < 1.29 is 0 Å². The van der Waals surface area contributed by atoms with Crippen molar-refractivity contribution in [3.05, 3.63) is 17.7 Å². The third-order valence-electron chi connectivity index (χ3n) is 2.42. The summed E-state index contributed by atoms with van der Waals surface area (Å²) in [5, 5.41) is 0. The zero-order valence-corrected chi connectivity index (χ0v) is 6.51. The van der Waals surface area contributed by atoms with Crippen molar-refractivity contribution in [2.45, 2.75) is 19.3 Å². The number of aromatic nitrogens is 2. The molecule has 11 heavy (non-hydrogen) atoms. The lowest BCUT2D eigenvalue weighted by molar-refractivity contribution is 0.461. The van der Waals surface area contributed by atoms with Gasteiger partial charge in [0.25, 0.3) is 0 Å². The summed E-state index contributed by atoms with van der Waals surface area (Å²) in [6.07, 6.45) is 5.17. The normalized spacial score (nSPS) is 23.2. The van der Waals surface area contributed by atoms with Crippen LogP contribution in [0.15, 0.2) is 6.33 Å².